The van der Waals surface area contributed by atoms with Crippen molar-refractivity contribution in [2.24, 2.45) is 5.10 Å². The molecule has 2 heterocycles. The average molecular weight is 353 g/mol. The van der Waals surface area contributed by atoms with Crippen molar-refractivity contribution >= 4 is 38.7 Å². The molecular weight excluding hydrogens is 336 g/mol. The lowest BCUT2D eigenvalue weighted by atomic mass is 9.92. The highest BCUT2D eigenvalue weighted by Gasteiger charge is 2.60. The summed E-state index contributed by atoms with van der Waals surface area (Å²) in [5, 5.41) is 5.87. The molecule has 0 aromatic heterocycles. The average Bonchev–Trinajstić information content (AvgIpc) is 2.71. The molecule has 1 amide bonds. The van der Waals surface area contributed by atoms with E-state index in [1.807, 2.05) is 6.92 Å². The van der Waals surface area contributed by atoms with Gasteiger partial charge in [-0.1, -0.05) is 28.8 Å². The van der Waals surface area contributed by atoms with Crippen molar-refractivity contribution in [3.8, 4) is 0 Å². The molecule has 122 valence electrons. The van der Waals surface area contributed by atoms with Crippen LogP contribution >= 0.6 is 11.6 Å². The quantitative estimate of drug-likeness (QED) is 0.730. The molecule has 7 heteroatoms. The van der Waals surface area contributed by atoms with E-state index in [0.29, 0.717) is 16.4 Å². The van der Waals surface area contributed by atoms with Crippen LogP contribution in [0.15, 0.2) is 40.5 Å². The number of halogens is 1. The van der Waals surface area contributed by atoms with Gasteiger partial charge in [-0.05, 0) is 39.0 Å². The van der Waals surface area contributed by atoms with Crippen LogP contribution in [0, 0.1) is 0 Å². The maximum Gasteiger partial charge on any atom is 0.275 e. The lowest BCUT2D eigenvalue weighted by Gasteiger charge is -2.33. The van der Waals surface area contributed by atoms with Crippen LogP contribution in [0.4, 0.5) is 5.69 Å². The lowest BCUT2D eigenvalue weighted by molar-refractivity contribution is -0.118. The third-order valence-electron chi connectivity index (χ3n) is 4.61. The Morgan fingerprint density at radius 1 is 1.22 bits per heavy atom. The fourth-order valence-corrected chi connectivity index (χ4v) is 5.64. The first-order valence-corrected chi connectivity index (χ1v) is 9.25. The van der Waals surface area contributed by atoms with Gasteiger partial charge in [-0.3, -0.25) is 4.79 Å². The summed E-state index contributed by atoms with van der Waals surface area (Å²) in [6.07, 6.45) is 0.159. The van der Waals surface area contributed by atoms with E-state index in [9.17, 15) is 13.2 Å². The fraction of sp³-hybridized carbons (Fsp3) is 0.375. The first-order chi connectivity index (χ1) is 10.7. The third-order valence-corrected chi connectivity index (χ3v) is 7.33. The minimum Gasteiger partial charge on any atom is -0.270 e. The molecule has 1 spiro atoms. The number of hydrogen-bond acceptors (Lipinski definition) is 4. The first-order valence-electron chi connectivity index (χ1n) is 7.22. The van der Waals surface area contributed by atoms with Crippen LogP contribution in [0.25, 0.3) is 0 Å². The number of carbonyl (C=O) groups is 1. The summed E-state index contributed by atoms with van der Waals surface area (Å²) in [4.78, 5) is 13.0. The SMILES string of the molecule is CC1=NN(c2cccc(Cl)c2)C(=O)[C@@]12CC(C)=C(C)CS2(=O)=O. The molecule has 0 fully saturated rings. The molecule has 0 bridgehead atoms. The van der Waals surface area contributed by atoms with Gasteiger partial charge in [0.05, 0.1) is 17.2 Å². The molecule has 23 heavy (non-hydrogen) atoms. The summed E-state index contributed by atoms with van der Waals surface area (Å²) in [6, 6.07) is 6.67. The summed E-state index contributed by atoms with van der Waals surface area (Å²) < 4.78 is 24.1. The van der Waals surface area contributed by atoms with E-state index in [1.165, 1.54) is 0 Å². The molecule has 1 aromatic carbocycles. The van der Waals surface area contributed by atoms with E-state index in [1.54, 1.807) is 38.1 Å². The van der Waals surface area contributed by atoms with Crippen LogP contribution in [-0.2, 0) is 14.6 Å². The molecule has 3 rings (SSSR count). The maximum absolute atomic E-state index is 13.0. The fourth-order valence-electron chi connectivity index (χ4n) is 3.11. The van der Waals surface area contributed by atoms with E-state index in [0.717, 1.165) is 16.2 Å². The number of benzene rings is 1. The molecule has 1 aromatic rings. The van der Waals surface area contributed by atoms with Gasteiger partial charge >= 0.3 is 0 Å². The maximum atomic E-state index is 13.0. The second-order valence-corrected chi connectivity index (χ2v) is 8.76. The monoisotopic (exact) mass is 352 g/mol. The van der Waals surface area contributed by atoms with Gasteiger partial charge < -0.3 is 0 Å². The third kappa shape index (κ3) is 2.23. The zero-order chi connectivity index (χ0) is 17.0. The summed E-state index contributed by atoms with van der Waals surface area (Å²) in [5.41, 5.74) is 2.51. The van der Waals surface area contributed by atoms with Gasteiger partial charge in [-0.15, -0.1) is 0 Å². The van der Waals surface area contributed by atoms with Crippen LogP contribution in [0.5, 0.6) is 0 Å². The van der Waals surface area contributed by atoms with Crippen LogP contribution in [0.1, 0.15) is 27.2 Å². The first kappa shape index (κ1) is 16.2. The summed E-state index contributed by atoms with van der Waals surface area (Å²) in [6.45, 7) is 5.27. The second kappa shape index (κ2) is 5.18. The number of allylic oxidation sites excluding steroid dienone is 1. The summed E-state index contributed by atoms with van der Waals surface area (Å²) >= 11 is 5.97. The van der Waals surface area contributed by atoms with Gasteiger partial charge in [0.1, 0.15) is 0 Å². The van der Waals surface area contributed by atoms with E-state index in [4.69, 9.17) is 11.6 Å². The number of sulfone groups is 1. The van der Waals surface area contributed by atoms with Crippen LogP contribution < -0.4 is 5.01 Å². The normalized spacial score (nSPS) is 26.9. The Morgan fingerprint density at radius 2 is 1.91 bits per heavy atom. The Kier molecular flexibility index (Phi) is 3.65. The highest BCUT2D eigenvalue weighted by atomic mass is 35.5. The van der Waals surface area contributed by atoms with E-state index >= 15 is 0 Å². The van der Waals surface area contributed by atoms with Crippen molar-refractivity contribution in [2.75, 3.05) is 10.8 Å². The van der Waals surface area contributed by atoms with Gasteiger partial charge in [-0.2, -0.15) is 10.1 Å². The van der Waals surface area contributed by atoms with Gasteiger partial charge in [0, 0.05) is 11.4 Å². The standard InChI is InChI=1S/C16H17ClN2O3S/c1-10-8-16(23(21,22)9-11(10)2)12(3)18-19(15(16)20)14-6-4-5-13(17)7-14/h4-7H,8-9H2,1-3H3/t16-/m1/s1. The van der Waals surface area contributed by atoms with Crippen LogP contribution in [-0.4, -0.2) is 30.5 Å². The molecule has 0 radical (unpaired) electrons. The molecule has 0 N–H and O–H groups in total. The number of hydrazone groups is 1. The molecule has 0 saturated heterocycles. The number of nitrogens with zero attached hydrogens (tertiary/aromatic N) is 2. The number of anilines is 1. The summed E-state index contributed by atoms with van der Waals surface area (Å²) in [5.74, 6) is -0.634. The highest BCUT2D eigenvalue weighted by Crippen LogP contribution is 2.41. The number of rotatable bonds is 1. The Bertz CT molecular complexity index is 873. The van der Waals surface area contributed by atoms with Crippen LogP contribution in [0.3, 0.4) is 0 Å². The van der Waals surface area contributed by atoms with Gasteiger partial charge in [0.15, 0.2) is 14.6 Å². The highest BCUT2D eigenvalue weighted by molar-refractivity contribution is 7.94. The molecule has 0 unspecified atom stereocenters. The van der Waals surface area contributed by atoms with Crippen molar-refractivity contribution in [3.63, 3.8) is 0 Å². The van der Waals surface area contributed by atoms with Crippen molar-refractivity contribution in [1.82, 2.24) is 0 Å². The molecule has 0 saturated carbocycles. The smallest absolute Gasteiger partial charge is 0.270 e. The van der Waals surface area contributed by atoms with E-state index in [2.05, 4.69) is 5.10 Å². The molecule has 5 nitrogen and oxygen atoms in total. The van der Waals surface area contributed by atoms with Crippen molar-refractivity contribution in [1.29, 1.82) is 0 Å². The van der Waals surface area contributed by atoms with Gasteiger partial charge in [0.2, 0.25) is 0 Å². The zero-order valence-electron chi connectivity index (χ0n) is 13.1. The largest absolute Gasteiger partial charge is 0.275 e. The molecule has 1 atom stereocenters. The minimum absolute atomic E-state index is 0.110. The predicted molar refractivity (Wildman–Crippen MR) is 91.6 cm³/mol. The minimum atomic E-state index is -3.67. The molecule has 0 aliphatic carbocycles. The number of hydrogen-bond donors (Lipinski definition) is 0. The Hall–Kier alpha value is -1.66. The predicted octanol–water partition coefficient (Wildman–Crippen LogP) is 2.96. The molecule has 2 aliphatic heterocycles. The Balaban J connectivity index is 2.14. The van der Waals surface area contributed by atoms with Gasteiger partial charge in [0.25, 0.3) is 5.91 Å². The molecular formula is C16H17ClN2O3S. The van der Waals surface area contributed by atoms with Crippen molar-refractivity contribution in [2.45, 2.75) is 31.9 Å². The Labute approximate surface area is 140 Å². The number of amides is 1. The van der Waals surface area contributed by atoms with Crippen molar-refractivity contribution in [3.05, 3.63) is 40.4 Å². The lowest BCUT2D eigenvalue weighted by Crippen LogP contribution is -2.55. The van der Waals surface area contributed by atoms with E-state index in [-0.39, 0.29) is 12.2 Å². The second-order valence-electron chi connectivity index (χ2n) is 6.11. The summed E-state index contributed by atoms with van der Waals surface area (Å²) in [7, 11) is -3.67. The molecule has 2 aliphatic rings. The van der Waals surface area contributed by atoms with Crippen molar-refractivity contribution < 1.29 is 13.2 Å². The number of carbonyl (C=O) groups excluding carboxylic acids is 1. The topological polar surface area (TPSA) is 66.8 Å². The van der Waals surface area contributed by atoms with E-state index < -0.39 is 20.5 Å². The Morgan fingerprint density at radius 3 is 2.57 bits per heavy atom. The zero-order valence-corrected chi connectivity index (χ0v) is 14.7. The van der Waals surface area contributed by atoms with Crippen LogP contribution in [0.2, 0.25) is 5.02 Å². The van der Waals surface area contributed by atoms with Gasteiger partial charge in [-0.25, -0.2) is 8.42 Å².